The zero-order chi connectivity index (χ0) is 34.4. The van der Waals surface area contributed by atoms with E-state index in [1.165, 1.54) is 36.5 Å². The molecular formula is C31H30F8N4O4. The van der Waals surface area contributed by atoms with Crippen molar-refractivity contribution >= 4 is 17.7 Å². The maximum absolute atomic E-state index is 14.9. The maximum atomic E-state index is 14.9. The average Bonchev–Trinajstić information content (AvgIpc) is 2.99. The Hall–Kier alpha value is -4.31. The summed E-state index contributed by atoms with van der Waals surface area (Å²) in [4.78, 5) is 28.5. The molecule has 3 N–H and O–H groups in total. The van der Waals surface area contributed by atoms with Crippen LogP contribution in [0.2, 0.25) is 0 Å². The molecule has 16 heteroatoms. The Bertz CT molecular complexity index is 1530. The number of ether oxygens (including phenoxy) is 1. The predicted molar refractivity (Wildman–Crippen MR) is 153 cm³/mol. The summed E-state index contributed by atoms with van der Waals surface area (Å²) in [5, 5.41) is 14.6. The SMILES string of the molecule is O=C(C[C@@H](c1ccc(F)cc1)c1ccccc1C(F)(F)F)Nc1cncc(F)c1CC[C@@H]1CN[C@@H](CN(CC(F)(F)F)C(=O)O)CO1. The second-order valence-corrected chi connectivity index (χ2v) is 11.0. The first-order valence-electron chi connectivity index (χ1n) is 14.3. The quantitative estimate of drug-likeness (QED) is 0.204. The molecule has 3 atom stereocenters. The van der Waals surface area contributed by atoms with Crippen molar-refractivity contribution in [2.75, 3.05) is 31.6 Å². The lowest BCUT2D eigenvalue weighted by Crippen LogP contribution is -2.53. The molecule has 4 rings (SSSR count). The molecule has 0 saturated carbocycles. The summed E-state index contributed by atoms with van der Waals surface area (Å²) in [5.41, 5.74) is -0.904. The van der Waals surface area contributed by atoms with Gasteiger partial charge in [0, 0.05) is 37.0 Å². The standard InChI is InChI=1S/C31H30F8N4O4/c32-19-7-5-18(6-8-19)24(22-3-1-2-4-25(22)31(37,38)39)11-28(44)42-27-14-40-13-26(33)23(27)10-9-21-12-41-20(16-47-21)15-43(29(45)46)17-30(34,35)36/h1-8,13-14,20-21,24,41H,9-12,15-17H2,(H,42,44)(H,45,46)/t20-,21+,24-/m0/s1. The molecule has 254 valence electrons. The topological polar surface area (TPSA) is 104 Å². The zero-order valence-corrected chi connectivity index (χ0v) is 24.5. The minimum absolute atomic E-state index is 0.00853. The van der Waals surface area contributed by atoms with Gasteiger partial charge in [-0.3, -0.25) is 14.7 Å². The van der Waals surface area contributed by atoms with Crippen molar-refractivity contribution in [2.24, 2.45) is 0 Å². The highest BCUT2D eigenvalue weighted by atomic mass is 19.4. The van der Waals surface area contributed by atoms with E-state index >= 15 is 0 Å². The fraction of sp³-hybridized carbons (Fsp3) is 0.387. The van der Waals surface area contributed by atoms with Crippen molar-refractivity contribution < 1.29 is 54.6 Å². The third-order valence-corrected chi connectivity index (χ3v) is 7.55. The molecule has 1 aromatic heterocycles. The minimum Gasteiger partial charge on any atom is -0.465 e. The van der Waals surface area contributed by atoms with Crippen molar-refractivity contribution in [1.82, 2.24) is 15.2 Å². The molecule has 0 radical (unpaired) electrons. The van der Waals surface area contributed by atoms with E-state index in [1.807, 2.05) is 0 Å². The van der Waals surface area contributed by atoms with Gasteiger partial charge in [0.2, 0.25) is 5.91 Å². The van der Waals surface area contributed by atoms with E-state index < -0.39 is 79.1 Å². The summed E-state index contributed by atoms with van der Waals surface area (Å²) >= 11 is 0. The number of carbonyl (C=O) groups is 2. The van der Waals surface area contributed by atoms with Gasteiger partial charge < -0.3 is 20.5 Å². The third kappa shape index (κ3) is 10.1. The van der Waals surface area contributed by atoms with Gasteiger partial charge in [0.1, 0.15) is 18.2 Å². The zero-order valence-electron chi connectivity index (χ0n) is 24.5. The lowest BCUT2D eigenvalue weighted by atomic mass is 9.85. The summed E-state index contributed by atoms with van der Waals surface area (Å²) in [6, 6.07) is 8.72. The number of rotatable bonds is 11. The van der Waals surface area contributed by atoms with Gasteiger partial charge in [0.25, 0.3) is 0 Å². The number of alkyl halides is 6. The molecule has 2 heterocycles. The Morgan fingerprint density at radius 2 is 1.74 bits per heavy atom. The van der Waals surface area contributed by atoms with Gasteiger partial charge in [-0.1, -0.05) is 30.3 Å². The highest BCUT2D eigenvalue weighted by Gasteiger charge is 2.37. The maximum Gasteiger partial charge on any atom is 0.416 e. The summed E-state index contributed by atoms with van der Waals surface area (Å²) in [7, 11) is 0. The number of carbonyl (C=O) groups excluding carboxylic acids is 1. The van der Waals surface area contributed by atoms with Crippen LogP contribution in [-0.4, -0.2) is 71.6 Å². The predicted octanol–water partition coefficient (Wildman–Crippen LogP) is 6.37. The van der Waals surface area contributed by atoms with Gasteiger partial charge >= 0.3 is 18.4 Å². The number of amides is 2. The number of hydrogen-bond donors (Lipinski definition) is 3. The van der Waals surface area contributed by atoms with Crippen LogP contribution in [0.4, 0.5) is 45.6 Å². The van der Waals surface area contributed by atoms with Crippen LogP contribution in [0.25, 0.3) is 0 Å². The van der Waals surface area contributed by atoms with E-state index in [0.29, 0.717) is 0 Å². The van der Waals surface area contributed by atoms with Crippen LogP contribution in [0.15, 0.2) is 60.9 Å². The Morgan fingerprint density at radius 1 is 1.04 bits per heavy atom. The Labute approximate surface area is 263 Å². The van der Waals surface area contributed by atoms with E-state index in [0.717, 1.165) is 24.4 Å². The first kappa shape index (κ1) is 35.5. The van der Waals surface area contributed by atoms with Crippen LogP contribution >= 0.6 is 0 Å². The molecule has 1 aliphatic heterocycles. The molecule has 2 aromatic carbocycles. The number of nitrogens with zero attached hydrogens (tertiary/aromatic N) is 2. The summed E-state index contributed by atoms with van der Waals surface area (Å²) < 4.78 is 114. The van der Waals surface area contributed by atoms with E-state index in [9.17, 15) is 44.7 Å². The fourth-order valence-corrected chi connectivity index (χ4v) is 5.34. The highest BCUT2D eigenvalue weighted by Crippen LogP contribution is 2.39. The summed E-state index contributed by atoms with van der Waals surface area (Å²) in [5.74, 6) is -3.29. The second kappa shape index (κ2) is 15.1. The largest absolute Gasteiger partial charge is 0.465 e. The first-order valence-corrected chi connectivity index (χ1v) is 14.3. The average molecular weight is 675 g/mol. The van der Waals surface area contributed by atoms with Gasteiger partial charge in [-0.15, -0.1) is 0 Å². The molecule has 2 amide bonds. The lowest BCUT2D eigenvalue weighted by Gasteiger charge is -2.33. The lowest BCUT2D eigenvalue weighted by molar-refractivity contribution is -0.143. The molecule has 0 unspecified atom stereocenters. The van der Waals surface area contributed by atoms with Crippen molar-refractivity contribution in [2.45, 2.75) is 49.7 Å². The number of aromatic nitrogens is 1. The molecule has 1 saturated heterocycles. The van der Waals surface area contributed by atoms with Gasteiger partial charge in [0.15, 0.2) is 0 Å². The van der Waals surface area contributed by atoms with Crippen molar-refractivity contribution in [3.8, 4) is 0 Å². The van der Waals surface area contributed by atoms with Crippen molar-refractivity contribution in [1.29, 1.82) is 0 Å². The van der Waals surface area contributed by atoms with Crippen LogP contribution in [0.5, 0.6) is 0 Å². The van der Waals surface area contributed by atoms with Crippen LogP contribution in [0.1, 0.15) is 41.0 Å². The van der Waals surface area contributed by atoms with E-state index in [-0.39, 0.29) is 53.3 Å². The molecule has 0 aliphatic carbocycles. The fourth-order valence-electron chi connectivity index (χ4n) is 5.34. The Morgan fingerprint density at radius 3 is 2.36 bits per heavy atom. The van der Waals surface area contributed by atoms with Gasteiger partial charge in [-0.2, -0.15) is 26.3 Å². The molecule has 8 nitrogen and oxygen atoms in total. The number of hydrogen-bond acceptors (Lipinski definition) is 5. The monoisotopic (exact) mass is 674 g/mol. The number of carboxylic acid groups (broad SMARTS) is 1. The van der Waals surface area contributed by atoms with Crippen molar-refractivity contribution in [3.05, 3.63) is 94.8 Å². The number of halogens is 8. The number of benzene rings is 2. The van der Waals surface area contributed by atoms with Crippen molar-refractivity contribution in [3.63, 3.8) is 0 Å². The summed E-state index contributed by atoms with van der Waals surface area (Å²) in [6.45, 7) is -2.10. The Balaban J connectivity index is 1.43. The first-order chi connectivity index (χ1) is 22.1. The molecule has 0 spiro atoms. The molecule has 1 aliphatic rings. The molecule has 3 aromatic rings. The van der Waals surface area contributed by atoms with Crippen LogP contribution in [0, 0.1) is 11.6 Å². The highest BCUT2D eigenvalue weighted by molar-refractivity contribution is 5.92. The molecule has 47 heavy (non-hydrogen) atoms. The van der Waals surface area contributed by atoms with Gasteiger partial charge in [-0.25, -0.2) is 13.6 Å². The van der Waals surface area contributed by atoms with E-state index in [1.54, 1.807) is 0 Å². The third-order valence-electron chi connectivity index (χ3n) is 7.55. The van der Waals surface area contributed by atoms with Gasteiger partial charge in [-0.05, 0) is 42.2 Å². The number of morpholine rings is 1. The normalized spacial score (nSPS) is 17.6. The smallest absolute Gasteiger partial charge is 0.416 e. The molecular weight excluding hydrogens is 644 g/mol. The van der Waals surface area contributed by atoms with E-state index in [4.69, 9.17) is 9.84 Å². The second-order valence-electron chi connectivity index (χ2n) is 11.0. The van der Waals surface area contributed by atoms with E-state index in [2.05, 4.69) is 15.6 Å². The van der Waals surface area contributed by atoms with Crippen LogP contribution < -0.4 is 10.6 Å². The van der Waals surface area contributed by atoms with Crippen LogP contribution in [-0.2, 0) is 22.1 Å². The van der Waals surface area contributed by atoms with Crippen LogP contribution in [0.3, 0.4) is 0 Å². The molecule has 0 bridgehead atoms. The molecule has 1 fully saturated rings. The van der Waals surface area contributed by atoms with Gasteiger partial charge in [0.05, 0.1) is 36.4 Å². The number of anilines is 1. The number of nitrogens with one attached hydrogen (secondary N) is 2. The summed E-state index contributed by atoms with van der Waals surface area (Å²) in [6.07, 6.45) is -9.93. The minimum atomic E-state index is -4.74. The Kier molecular flexibility index (Phi) is 11.4. The number of pyridine rings is 1.